The zero-order valence-electron chi connectivity index (χ0n) is 9.88. The summed E-state index contributed by atoms with van der Waals surface area (Å²) in [6.45, 7) is 0.790. The van der Waals surface area contributed by atoms with Crippen LogP contribution in [0.3, 0.4) is 0 Å². The van der Waals surface area contributed by atoms with E-state index in [9.17, 15) is 4.79 Å². The van der Waals surface area contributed by atoms with Crippen molar-refractivity contribution in [2.75, 3.05) is 19.0 Å². The Kier molecular flexibility index (Phi) is 4.66. The fourth-order valence-corrected chi connectivity index (χ4v) is 2.70. The van der Waals surface area contributed by atoms with E-state index in [0.717, 1.165) is 28.8 Å². The first-order valence-corrected chi connectivity index (χ1v) is 7.17. The van der Waals surface area contributed by atoms with Crippen LogP contribution in [0.5, 0.6) is 0 Å². The number of methoxy groups -OCH3 is 1. The summed E-state index contributed by atoms with van der Waals surface area (Å²) in [5.41, 5.74) is 0.739. The molecule has 0 saturated heterocycles. The normalized spacial score (nSPS) is 10.3. The molecule has 0 bridgehead atoms. The first kappa shape index (κ1) is 13.0. The predicted molar refractivity (Wildman–Crippen MR) is 72.1 cm³/mol. The molecule has 5 nitrogen and oxygen atoms in total. The van der Waals surface area contributed by atoms with Gasteiger partial charge in [-0.2, -0.15) is 0 Å². The SMILES string of the molecule is COC(=O)Cc1csc(NCCc2nccs2)n1. The Morgan fingerprint density at radius 3 is 3.11 bits per heavy atom. The van der Waals surface area contributed by atoms with E-state index < -0.39 is 0 Å². The number of carbonyl (C=O) groups is 1. The van der Waals surface area contributed by atoms with Crippen LogP contribution in [0.25, 0.3) is 0 Å². The first-order chi connectivity index (χ1) is 8.78. The Morgan fingerprint density at radius 1 is 1.50 bits per heavy atom. The average molecular weight is 283 g/mol. The molecule has 2 aromatic heterocycles. The van der Waals surface area contributed by atoms with Crippen molar-refractivity contribution in [3.05, 3.63) is 27.7 Å². The number of esters is 1. The van der Waals surface area contributed by atoms with Crippen LogP contribution in [0.15, 0.2) is 17.0 Å². The molecule has 0 spiro atoms. The number of anilines is 1. The van der Waals surface area contributed by atoms with Gasteiger partial charge in [-0.15, -0.1) is 22.7 Å². The lowest BCUT2D eigenvalue weighted by molar-refractivity contribution is -0.139. The number of nitrogens with one attached hydrogen (secondary N) is 1. The molecule has 2 aromatic rings. The van der Waals surface area contributed by atoms with Crippen LogP contribution in [0.1, 0.15) is 10.7 Å². The van der Waals surface area contributed by atoms with Crippen LogP contribution >= 0.6 is 22.7 Å². The number of rotatable bonds is 6. The number of thiazole rings is 2. The van der Waals surface area contributed by atoms with Gasteiger partial charge < -0.3 is 10.1 Å². The molecular formula is C11H13N3O2S2. The number of ether oxygens (including phenoxy) is 1. The molecule has 0 radical (unpaired) electrons. The highest BCUT2D eigenvalue weighted by Crippen LogP contribution is 2.16. The fourth-order valence-electron chi connectivity index (χ4n) is 1.34. The standard InChI is InChI=1S/C11H13N3O2S2/c1-16-10(15)6-8-7-18-11(14-8)13-3-2-9-12-4-5-17-9/h4-5,7H,2-3,6H2,1H3,(H,13,14). The van der Waals surface area contributed by atoms with E-state index in [1.165, 1.54) is 18.4 Å². The molecule has 0 aliphatic rings. The van der Waals surface area contributed by atoms with Gasteiger partial charge in [0, 0.05) is 29.9 Å². The Balaban J connectivity index is 1.78. The van der Waals surface area contributed by atoms with E-state index in [0.29, 0.717) is 0 Å². The minimum absolute atomic E-state index is 0.223. The van der Waals surface area contributed by atoms with Crippen molar-refractivity contribution in [1.29, 1.82) is 0 Å². The summed E-state index contributed by atoms with van der Waals surface area (Å²) in [5.74, 6) is -0.269. The highest BCUT2D eigenvalue weighted by Gasteiger charge is 2.07. The van der Waals surface area contributed by atoms with Crippen molar-refractivity contribution in [3.63, 3.8) is 0 Å². The van der Waals surface area contributed by atoms with Crippen molar-refractivity contribution in [3.8, 4) is 0 Å². The molecule has 0 aromatic carbocycles. The molecule has 2 rings (SSSR count). The van der Waals surface area contributed by atoms with Crippen LogP contribution in [0.2, 0.25) is 0 Å². The molecule has 7 heteroatoms. The molecular weight excluding hydrogens is 270 g/mol. The van der Waals surface area contributed by atoms with Crippen molar-refractivity contribution in [1.82, 2.24) is 9.97 Å². The smallest absolute Gasteiger partial charge is 0.311 e. The molecule has 0 fully saturated rings. The topological polar surface area (TPSA) is 64.1 Å². The summed E-state index contributed by atoms with van der Waals surface area (Å²) in [5, 5.41) is 8.98. The molecule has 18 heavy (non-hydrogen) atoms. The zero-order chi connectivity index (χ0) is 12.8. The second-order valence-corrected chi connectivity index (χ2v) is 5.34. The van der Waals surface area contributed by atoms with E-state index >= 15 is 0 Å². The van der Waals surface area contributed by atoms with Crippen LogP contribution in [0.4, 0.5) is 5.13 Å². The van der Waals surface area contributed by atoms with Gasteiger partial charge in [0.15, 0.2) is 5.13 Å². The maximum absolute atomic E-state index is 11.1. The lowest BCUT2D eigenvalue weighted by atomic mass is 10.3. The molecule has 0 aliphatic carbocycles. The average Bonchev–Trinajstić information content (AvgIpc) is 3.01. The third kappa shape index (κ3) is 3.78. The molecule has 0 amide bonds. The maximum atomic E-state index is 11.1. The lowest BCUT2D eigenvalue weighted by Gasteiger charge is -1.99. The van der Waals surface area contributed by atoms with Gasteiger partial charge in [0.25, 0.3) is 0 Å². The van der Waals surface area contributed by atoms with E-state index in [2.05, 4.69) is 20.0 Å². The summed E-state index contributed by atoms with van der Waals surface area (Å²) in [6.07, 6.45) is 2.91. The third-order valence-corrected chi connectivity index (χ3v) is 3.89. The molecule has 1 N–H and O–H groups in total. The Hall–Kier alpha value is -1.47. The fraction of sp³-hybridized carbons (Fsp3) is 0.364. The predicted octanol–water partition coefficient (Wildman–Crippen LogP) is 1.97. The van der Waals surface area contributed by atoms with Gasteiger partial charge in [-0.1, -0.05) is 0 Å². The quantitative estimate of drug-likeness (QED) is 0.821. The van der Waals surface area contributed by atoms with Gasteiger partial charge in [-0.25, -0.2) is 9.97 Å². The van der Waals surface area contributed by atoms with Crippen LogP contribution in [-0.2, 0) is 22.4 Å². The van der Waals surface area contributed by atoms with E-state index in [4.69, 9.17) is 0 Å². The Bertz CT molecular complexity index is 496. The lowest BCUT2D eigenvalue weighted by Crippen LogP contribution is -2.06. The van der Waals surface area contributed by atoms with E-state index in [1.807, 2.05) is 10.8 Å². The molecule has 2 heterocycles. The minimum Gasteiger partial charge on any atom is -0.469 e. The Morgan fingerprint density at radius 2 is 2.39 bits per heavy atom. The third-order valence-electron chi connectivity index (χ3n) is 2.20. The van der Waals surface area contributed by atoms with E-state index in [-0.39, 0.29) is 12.4 Å². The molecule has 0 unspecified atom stereocenters. The van der Waals surface area contributed by atoms with Crippen molar-refractivity contribution < 1.29 is 9.53 Å². The molecule has 96 valence electrons. The second kappa shape index (κ2) is 6.46. The maximum Gasteiger partial charge on any atom is 0.311 e. The van der Waals surface area contributed by atoms with Crippen molar-refractivity contribution >= 4 is 33.8 Å². The van der Waals surface area contributed by atoms with Crippen molar-refractivity contribution in [2.45, 2.75) is 12.8 Å². The number of hydrogen-bond acceptors (Lipinski definition) is 7. The second-order valence-electron chi connectivity index (χ2n) is 3.50. The summed E-state index contributed by atoms with van der Waals surface area (Å²) >= 11 is 3.14. The molecule has 0 atom stereocenters. The summed E-state index contributed by atoms with van der Waals surface area (Å²) < 4.78 is 4.59. The van der Waals surface area contributed by atoms with Crippen LogP contribution in [0, 0.1) is 0 Å². The summed E-state index contributed by atoms with van der Waals surface area (Å²) in [4.78, 5) is 19.6. The van der Waals surface area contributed by atoms with Crippen molar-refractivity contribution in [2.24, 2.45) is 0 Å². The van der Waals surface area contributed by atoms with Crippen LogP contribution < -0.4 is 5.32 Å². The monoisotopic (exact) mass is 283 g/mol. The number of hydrogen-bond donors (Lipinski definition) is 1. The number of nitrogens with zero attached hydrogens (tertiary/aromatic N) is 2. The van der Waals surface area contributed by atoms with Crippen LogP contribution in [-0.4, -0.2) is 29.6 Å². The highest BCUT2D eigenvalue weighted by atomic mass is 32.1. The first-order valence-electron chi connectivity index (χ1n) is 5.41. The molecule has 0 aliphatic heterocycles. The highest BCUT2D eigenvalue weighted by molar-refractivity contribution is 7.13. The molecule has 0 saturated carbocycles. The summed E-state index contributed by atoms with van der Waals surface area (Å²) in [6, 6.07) is 0. The van der Waals surface area contributed by atoms with Gasteiger partial charge >= 0.3 is 5.97 Å². The minimum atomic E-state index is -0.269. The Labute approximate surface area is 113 Å². The largest absolute Gasteiger partial charge is 0.469 e. The van der Waals surface area contributed by atoms with Gasteiger partial charge in [0.1, 0.15) is 0 Å². The summed E-state index contributed by atoms with van der Waals surface area (Å²) in [7, 11) is 1.38. The zero-order valence-corrected chi connectivity index (χ0v) is 11.5. The van der Waals surface area contributed by atoms with Gasteiger partial charge in [-0.3, -0.25) is 4.79 Å². The van der Waals surface area contributed by atoms with E-state index in [1.54, 1.807) is 17.5 Å². The number of aromatic nitrogens is 2. The van der Waals surface area contributed by atoms with Gasteiger partial charge in [0.2, 0.25) is 0 Å². The van der Waals surface area contributed by atoms with Gasteiger partial charge in [-0.05, 0) is 0 Å². The number of carbonyl (C=O) groups excluding carboxylic acids is 1. The van der Waals surface area contributed by atoms with Gasteiger partial charge in [0.05, 0.1) is 24.2 Å².